The van der Waals surface area contributed by atoms with Gasteiger partial charge in [-0.25, -0.2) is 9.97 Å². The van der Waals surface area contributed by atoms with Gasteiger partial charge < -0.3 is 9.88 Å². The fraction of sp³-hybridized carbons (Fsp3) is 0.182. The number of pyridine rings is 1. The maximum Gasteiger partial charge on any atom is 0.275 e. The van der Waals surface area contributed by atoms with E-state index in [2.05, 4.69) is 31.2 Å². The minimum absolute atomic E-state index is 0.242. The third-order valence-electron chi connectivity index (χ3n) is 2.21. The van der Waals surface area contributed by atoms with Gasteiger partial charge in [-0.2, -0.15) is 0 Å². The molecule has 5 nitrogen and oxygen atoms in total. The maximum absolute atomic E-state index is 11.8. The first-order chi connectivity index (χ1) is 8.06. The van der Waals surface area contributed by atoms with Crippen LogP contribution >= 0.6 is 15.9 Å². The summed E-state index contributed by atoms with van der Waals surface area (Å²) in [7, 11) is 1.81. The lowest BCUT2D eigenvalue weighted by molar-refractivity contribution is 0.102. The molecule has 2 aromatic heterocycles. The number of nitrogens with zero attached hydrogens (tertiary/aromatic N) is 3. The van der Waals surface area contributed by atoms with Crippen molar-refractivity contribution < 1.29 is 4.79 Å². The number of anilines is 1. The monoisotopic (exact) mass is 294 g/mol. The summed E-state index contributed by atoms with van der Waals surface area (Å²) in [6.07, 6.45) is 4.84. The molecule has 1 amide bonds. The number of amides is 1. The van der Waals surface area contributed by atoms with Gasteiger partial charge >= 0.3 is 0 Å². The Morgan fingerprint density at radius 1 is 1.47 bits per heavy atom. The maximum atomic E-state index is 11.8. The largest absolute Gasteiger partial charge is 0.340 e. The number of carbonyl (C=O) groups is 1. The lowest BCUT2D eigenvalue weighted by Crippen LogP contribution is -2.12. The van der Waals surface area contributed by atoms with E-state index in [0.29, 0.717) is 11.4 Å². The molecule has 0 saturated heterocycles. The van der Waals surface area contributed by atoms with Crippen LogP contribution in [0.3, 0.4) is 0 Å². The van der Waals surface area contributed by atoms with E-state index in [1.807, 2.05) is 20.0 Å². The second-order valence-corrected chi connectivity index (χ2v) is 4.46. The fourth-order valence-corrected chi connectivity index (χ4v) is 1.57. The van der Waals surface area contributed by atoms with E-state index in [4.69, 9.17) is 0 Å². The topological polar surface area (TPSA) is 59.8 Å². The average molecular weight is 295 g/mol. The number of hydrogen-bond donors (Lipinski definition) is 1. The van der Waals surface area contributed by atoms with Crippen molar-refractivity contribution in [1.82, 2.24) is 14.5 Å². The summed E-state index contributed by atoms with van der Waals surface area (Å²) in [4.78, 5) is 19.9. The molecule has 2 rings (SSSR count). The van der Waals surface area contributed by atoms with Crippen LogP contribution < -0.4 is 5.32 Å². The van der Waals surface area contributed by atoms with Gasteiger partial charge in [-0.05, 0) is 34.5 Å². The summed E-state index contributed by atoms with van der Waals surface area (Å²) in [6, 6.07) is 1.85. The molecule has 0 saturated carbocycles. The smallest absolute Gasteiger partial charge is 0.275 e. The van der Waals surface area contributed by atoms with E-state index in [1.54, 1.807) is 23.3 Å². The van der Waals surface area contributed by atoms with E-state index < -0.39 is 0 Å². The van der Waals surface area contributed by atoms with Crippen LogP contribution in [0.15, 0.2) is 29.4 Å². The standard InChI is InChI=1S/C11H11BrN4O/c1-7-3-8(4-13-10(7)12)15-11(17)9-5-16(2)6-14-9/h3-6H,1-2H3,(H,15,17). The Hall–Kier alpha value is -1.69. The first kappa shape index (κ1) is 11.8. The molecule has 0 bridgehead atoms. The number of aromatic nitrogens is 3. The van der Waals surface area contributed by atoms with Crippen molar-refractivity contribution in [3.05, 3.63) is 40.6 Å². The van der Waals surface area contributed by atoms with E-state index in [0.717, 1.165) is 10.2 Å². The zero-order valence-electron chi connectivity index (χ0n) is 9.44. The Balaban J connectivity index is 2.15. The Labute approximate surface area is 107 Å². The normalized spacial score (nSPS) is 10.3. The van der Waals surface area contributed by atoms with Gasteiger partial charge in [-0.1, -0.05) is 0 Å². The Kier molecular flexibility index (Phi) is 3.23. The van der Waals surface area contributed by atoms with Crippen LogP contribution in [-0.2, 0) is 7.05 Å². The summed E-state index contributed by atoms with van der Waals surface area (Å²) in [5.41, 5.74) is 2.00. The minimum Gasteiger partial charge on any atom is -0.340 e. The third-order valence-corrected chi connectivity index (χ3v) is 3.04. The molecule has 6 heteroatoms. The number of rotatable bonds is 2. The molecular formula is C11H11BrN4O. The lowest BCUT2D eigenvalue weighted by Gasteiger charge is -2.04. The number of carbonyl (C=O) groups excluding carboxylic acids is 1. The number of halogens is 1. The molecule has 0 aliphatic rings. The molecule has 2 aromatic rings. The number of aryl methyl sites for hydroxylation is 2. The molecule has 88 valence electrons. The quantitative estimate of drug-likeness (QED) is 0.863. The van der Waals surface area contributed by atoms with Crippen LogP contribution in [-0.4, -0.2) is 20.4 Å². The molecule has 0 atom stereocenters. The van der Waals surface area contributed by atoms with E-state index >= 15 is 0 Å². The second-order valence-electron chi connectivity index (χ2n) is 3.71. The first-order valence-electron chi connectivity index (χ1n) is 4.98. The Morgan fingerprint density at radius 3 is 2.82 bits per heavy atom. The van der Waals surface area contributed by atoms with Crippen molar-refractivity contribution in [3.63, 3.8) is 0 Å². The van der Waals surface area contributed by atoms with Crippen molar-refractivity contribution in [2.24, 2.45) is 7.05 Å². The second kappa shape index (κ2) is 4.67. The SMILES string of the molecule is Cc1cc(NC(=O)c2cn(C)cn2)cnc1Br. The molecule has 0 unspecified atom stereocenters. The fourth-order valence-electron chi connectivity index (χ4n) is 1.35. The number of hydrogen-bond acceptors (Lipinski definition) is 3. The molecule has 0 aromatic carbocycles. The van der Waals surface area contributed by atoms with E-state index in [9.17, 15) is 4.79 Å². The van der Waals surface area contributed by atoms with Gasteiger partial charge in [0, 0.05) is 13.2 Å². The van der Waals surface area contributed by atoms with Gasteiger partial charge in [0.2, 0.25) is 0 Å². The van der Waals surface area contributed by atoms with Crippen molar-refractivity contribution in [1.29, 1.82) is 0 Å². The van der Waals surface area contributed by atoms with E-state index in [-0.39, 0.29) is 5.91 Å². The van der Waals surface area contributed by atoms with Crippen LogP contribution in [0.5, 0.6) is 0 Å². The van der Waals surface area contributed by atoms with Crippen LogP contribution in [0, 0.1) is 6.92 Å². The van der Waals surface area contributed by atoms with Crippen LogP contribution in [0.4, 0.5) is 5.69 Å². The average Bonchev–Trinajstić information content (AvgIpc) is 2.70. The summed E-state index contributed by atoms with van der Waals surface area (Å²) in [5, 5.41) is 2.74. The van der Waals surface area contributed by atoms with Crippen molar-refractivity contribution in [2.45, 2.75) is 6.92 Å². The highest BCUT2D eigenvalue weighted by molar-refractivity contribution is 9.10. The minimum atomic E-state index is -0.242. The lowest BCUT2D eigenvalue weighted by atomic mass is 10.3. The highest BCUT2D eigenvalue weighted by atomic mass is 79.9. The van der Waals surface area contributed by atoms with Gasteiger partial charge in [-0.15, -0.1) is 0 Å². The predicted molar refractivity (Wildman–Crippen MR) is 67.8 cm³/mol. The van der Waals surface area contributed by atoms with Crippen molar-refractivity contribution in [3.8, 4) is 0 Å². The Morgan fingerprint density at radius 2 is 2.24 bits per heavy atom. The van der Waals surface area contributed by atoms with Crippen LogP contribution in [0.2, 0.25) is 0 Å². The van der Waals surface area contributed by atoms with Crippen LogP contribution in [0.1, 0.15) is 16.1 Å². The summed E-state index contributed by atoms with van der Waals surface area (Å²) in [5.74, 6) is -0.242. The molecule has 2 heterocycles. The zero-order valence-corrected chi connectivity index (χ0v) is 11.0. The van der Waals surface area contributed by atoms with Crippen molar-refractivity contribution in [2.75, 3.05) is 5.32 Å². The molecule has 1 N–H and O–H groups in total. The number of nitrogens with one attached hydrogen (secondary N) is 1. The summed E-state index contributed by atoms with van der Waals surface area (Å²) >= 11 is 3.30. The van der Waals surface area contributed by atoms with Gasteiger partial charge in [0.05, 0.1) is 18.2 Å². The van der Waals surface area contributed by atoms with E-state index in [1.165, 1.54) is 0 Å². The van der Waals surface area contributed by atoms with Gasteiger partial charge in [0.1, 0.15) is 10.3 Å². The molecule has 0 fully saturated rings. The highest BCUT2D eigenvalue weighted by Gasteiger charge is 2.09. The molecule has 0 spiro atoms. The van der Waals surface area contributed by atoms with Crippen LogP contribution in [0.25, 0.3) is 0 Å². The molecule has 17 heavy (non-hydrogen) atoms. The molecular weight excluding hydrogens is 284 g/mol. The van der Waals surface area contributed by atoms with Gasteiger partial charge in [0.15, 0.2) is 0 Å². The zero-order chi connectivity index (χ0) is 12.4. The molecule has 0 aliphatic heterocycles. The summed E-state index contributed by atoms with van der Waals surface area (Å²) < 4.78 is 2.49. The highest BCUT2D eigenvalue weighted by Crippen LogP contribution is 2.17. The summed E-state index contributed by atoms with van der Waals surface area (Å²) in [6.45, 7) is 1.91. The molecule has 0 aliphatic carbocycles. The molecule has 0 radical (unpaired) electrons. The predicted octanol–water partition coefficient (Wildman–Crippen LogP) is 2.14. The van der Waals surface area contributed by atoms with Gasteiger partial charge in [0.25, 0.3) is 5.91 Å². The van der Waals surface area contributed by atoms with Crippen molar-refractivity contribution >= 4 is 27.5 Å². The number of imidazole rings is 1. The van der Waals surface area contributed by atoms with Gasteiger partial charge in [-0.3, -0.25) is 4.79 Å². The Bertz CT molecular complexity index is 564. The first-order valence-corrected chi connectivity index (χ1v) is 5.77. The third kappa shape index (κ3) is 2.71.